The van der Waals surface area contributed by atoms with Crippen molar-refractivity contribution in [2.75, 3.05) is 19.6 Å². The van der Waals surface area contributed by atoms with Gasteiger partial charge in [0.15, 0.2) is 0 Å². The summed E-state index contributed by atoms with van der Waals surface area (Å²) in [6, 6.07) is 6.91. The number of aromatic nitrogens is 2. The summed E-state index contributed by atoms with van der Waals surface area (Å²) in [5.74, 6) is -0.899. The standard InChI is InChI=1S/C17H21N3O2/c21-17(22)15-6-4-14(5-7-15)16-12-18-20(13-16)11-10-19-8-2-1-3-9-19/h4-7,12-13H,1-3,8-11H2,(H,21,22). The number of benzene rings is 1. The first kappa shape index (κ1) is 14.8. The van der Waals surface area contributed by atoms with Gasteiger partial charge in [0, 0.05) is 18.3 Å². The molecule has 1 aliphatic heterocycles. The third-order valence-corrected chi connectivity index (χ3v) is 4.19. The van der Waals surface area contributed by atoms with Crippen molar-refractivity contribution in [2.45, 2.75) is 25.8 Å². The van der Waals surface area contributed by atoms with Gasteiger partial charge in [-0.25, -0.2) is 4.79 Å². The number of nitrogens with zero attached hydrogens (tertiary/aromatic N) is 3. The SMILES string of the molecule is O=C(O)c1ccc(-c2cnn(CCN3CCCCC3)c2)cc1. The number of likely N-dealkylation sites (tertiary alicyclic amines) is 1. The Kier molecular flexibility index (Phi) is 4.53. The molecule has 0 atom stereocenters. The van der Waals surface area contributed by atoms with Gasteiger partial charge in [0.2, 0.25) is 0 Å². The number of hydrogen-bond acceptors (Lipinski definition) is 3. The highest BCUT2D eigenvalue weighted by Crippen LogP contribution is 2.19. The van der Waals surface area contributed by atoms with Crippen LogP contribution in [0.2, 0.25) is 0 Å². The minimum Gasteiger partial charge on any atom is -0.478 e. The maximum atomic E-state index is 10.9. The Morgan fingerprint density at radius 2 is 1.77 bits per heavy atom. The van der Waals surface area contributed by atoms with E-state index in [2.05, 4.69) is 10.00 Å². The van der Waals surface area contributed by atoms with Crippen molar-refractivity contribution in [3.8, 4) is 11.1 Å². The van der Waals surface area contributed by atoms with Crippen molar-refractivity contribution in [3.05, 3.63) is 42.2 Å². The normalized spacial score (nSPS) is 15.8. The Morgan fingerprint density at radius 1 is 1.05 bits per heavy atom. The Balaban J connectivity index is 1.61. The second-order valence-corrected chi connectivity index (χ2v) is 5.78. The molecule has 0 amide bonds. The van der Waals surface area contributed by atoms with Gasteiger partial charge in [-0.1, -0.05) is 18.6 Å². The maximum Gasteiger partial charge on any atom is 0.335 e. The lowest BCUT2D eigenvalue weighted by atomic mass is 10.1. The van der Waals surface area contributed by atoms with E-state index in [9.17, 15) is 4.79 Å². The van der Waals surface area contributed by atoms with E-state index in [1.165, 1.54) is 32.4 Å². The second kappa shape index (κ2) is 6.75. The molecule has 3 rings (SSSR count). The van der Waals surface area contributed by atoms with Crippen LogP contribution < -0.4 is 0 Å². The Hall–Kier alpha value is -2.14. The van der Waals surface area contributed by atoms with Crippen LogP contribution in [0.25, 0.3) is 11.1 Å². The van der Waals surface area contributed by atoms with Crippen molar-refractivity contribution in [3.63, 3.8) is 0 Å². The first-order valence-corrected chi connectivity index (χ1v) is 7.81. The number of hydrogen-bond donors (Lipinski definition) is 1. The molecule has 1 fully saturated rings. The van der Waals surface area contributed by atoms with Crippen molar-refractivity contribution in [2.24, 2.45) is 0 Å². The predicted molar refractivity (Wildman–Crippen MR) is 84.9 cm³/mol. The first-order valence-electron chi connectivity index (χ1n) is 7.81. The molecule has 1 N–H and O–H groups in total. The third kappa shape index (κ3) is 3.54. The highest BCUT2D eigenvalue weighted by Gasteiger charge is 2.10. The first-order chi connectivity index (χ1) is 10.7. The quantitative estimate of drug-likeness (QED) is 0.922. The molecule has 0 radical (unpaired) electrons. The Labute approximate surface area is 130 Å². The molecule has 1 saturated heterocycles. The van der Waals surface area contributed by atoms with Crippen molar-refractivity contribution >= 4 is 5.97 Å². The second-order valence-electron chi connectivity index (χ2n) is 5.78. The fourth-order valence-corrected chi connectivity index (χ4v) is 2.87. The van der Waals surface area contributed by atoms with E-state index in [0.29, 0.717) is 5.56 Å². The molecule has 2 aromatic rings. The van der Waals surface area contributed by atoms with E-state index in [-0.39, 0.29) is 0 Å². The molecule has 5 nitrogen and oxygen atoms in total. The summed E-state index contributed by atoms with van der Waals surface area (Å²) < 4.78 is 1.97. The van der Waals surface area contributed by atoms with Gasteiger partial charge in [-0.3, -0.25) is 4.68 Å². The van der Waals surface area contributed by atoms with E-state index < -0.39 is 5.97 Å². The molecule has 0 aliphatic carbocycles. The molecule has 0 spiro atoms. The molecule has 1 aliphatic rings. The molecule has 1 aromatic heterocycles. The van der Waals surface area contributed by atoms with Gasteiger partial charge in [-0.15, -0.1) is 0 Å². The van der Waals surface area contributed by atoms with E-state index in [4.69, 9.17) is 5.11 Å². The van der Waals surface area contributed by atoms with Crippen LogP contribution in [-0.2, 0) is 6.54 Å². The van der Waals surface area contributed by atoms with Crippen molar-refractivity contribution < 1.29 is 9.90 Å². The Bertz CT molecular complexity index is 628. The zero-order chi connectivity index (χ0) is 15.4. The van der Waals surface area contributed by atoms with Crippen LogP contribution in [0.4, 0.5) is 0 Å². The van der Waals surface area contributed by atoms with Crippen LogP contribution in [0.1, 0.15) is 29.6 Å². The molecule has 116 valence electrons. The molecule has 22 heavy (non-hydrogen) atoms. The number of carbonyl (C=O) groups is 1. The average molecular weight is 299 g/mol. The van der Waals surface area contributed by atoms with Crippen LogP contribution >= 0.6 is 0 Å². The fraction of sp³-hybridized carbons (Fsp3) is 0.412. The van der Waals surface area contributed by atoms with Gasteiger partial charge in [-0.05, 0) is 43.6 Å². The predicted octanol–water partition coefficient (Wildman–Crippen LogP) is 2.73. The lowest BCUT2D eigenvalue weighted by Gasteiger charge is -2.26. The van der Waals surface area contributed by atoms with Crippen molar-refractivity contribution in [1.29, 1.82) is 0 Å². The van der Waals surface area contributed by atoms with Crippen LogP contribution in [0, 0.1) is 0 Å². The number of rotatable bonds is 5. The topological polar surface area (TPSA) is 58.4 Å². The number of carboxylic acid groups (broad SMARTS) is 1. The monoisotopic (exact) mass is 299 g/mol. The van der Waals surface area contributed by atoms with Crippen LogP contribution in [0.3, 0.4) is 0 Å². The lowest BCUT2D eigenvalue weighted by Crippen LogP contribution is -2.32. The summed E-state index contributed by atoms with van der Waals surface area (Å²) in [7, 11) is 0. The summed E-state index contributed by atoms with van der Waals surface area (Å²) in [5, 5.41) is 13.3. The maximum absolute atomic E-state index is 10.9. The van der Waals surface area contributed by atoms with Gasteiger partial charge in [-0.2, -0.15) is 5.10 Å². The van der Waals surface area contributed by atoms with Crippen molar-refractivity contribution in [1.82, 2.24) is 14.7 Å². The smallest absolute Gasteiger partial charge is 0.335 e. The average Bonchev–Trinajstić information content (AvgIpc) is 3.03. The Morgan fingerprint density at radius 3 is 2.45 bits per heavy atom. The van der Waals surface area contributed by atoms with Gasteiger partial charge in [0.1, 0.15) is 0 Å². The van der Waals surface area contributed by atoms with Gasteiger partial charge in [0.25, 0.3) is 0 Å². The number of carboxylic acids is 1. The largest absolute Gasteiger partial charge is 0.478 e. The highest BCUT2D eigenvalue weighted by atomic mass is 16.4. The van der Waals surface area contributed by atoms with Crippen LogP contribution in [0.15, 0.2) is 36.7 Å². The third-order valence-electron chi connectivity index (χ3n) is 4.19. The molecule has 0 bridgehead atoms. The minimum atomic E-state index is -0.899. The summed E-state index contributed by atoms with van der Waals surface area (Å²) in [5.41, 5.74) is 2.33. The van der Waals surface area contributed by atoms with E-state index >= 15 is 0 Å². The molecular weight excluding hydrogens is 278 g/mol. The number of piperidine rings is 1. The number of aromatic carboxylic acids is 1. The van der Waals surface area contributed by atoms with E-state index in [1.54, 1.807) is 12.1 Å². The van der Waals surface area contributed by atoms with Crippen LogP contribution in [-0.4, -0.2) is 45.4 Å². The summed E-state index contributed by atoms with van der Waals surface area (Å²) in [4.78, 5) is 13.4. The zero-order valence-corrected chi connectivity index (χ0v) is 12.6. The molecule has 1 aromatic carbocycles. The van der Waals surface area contributed by atoms with Crippen LogP contribution in [0.5, 0.6) is 0 Å². The van der Waals surface area contributed by atoms with E-state index in [0.717, 1.165) is 24.2 Å². The molecule has 5 heteroatoms. The van der Waals surface area contributed by atoms with Gasteiger partial charge in [0.05, 0.1) is 18.3 Å². The minimum absolute atomic E-state index is 0.307. The van der Waals surface area contributed by atoms with Gasteiger partial charge >= 0.3 is 5.97 Å². The lowest BCUT2D eigenvalue weighted by molar-refractivity contribution is 0.0697. The fourth-order valence-electron chi connectivity index (χ4n) is 2.87. The zero-order valence-electron chi connectivity index (χ0n) is 12.6. The summed E-state index contributed by atoms with van der Waals surface area (Å²) >= 11 is 0. The molecule has 0 saturated carbocycles. The molecule has 0 unspecified atom stereocenters. The van der Waals surface area contributed by atoms with Gasteiger partial charge < -0.3 is 10.0 Å². The summed E-state index contributed by atoms with van der Waals surface area (Å²) in [6.45, 7) is 4.34. The summed E-state index contributed by atoms with van der Waals surface area (Å²) in [6.07, 6.45) is 7.83. The highest BCUT2D eigenvalue weighted by molar-refractivity contribution is 5.88. The molecular formula is C17H21N3O2. The molecule has 2 heterocycles. The van der Waals surface area contributed by atoms with E-state index in [1.807, 2.05) is 29.2 Å².